The SMILES string of the molecule is O=C(NC1CC1)c1ccsc1NC(=O)[C@@H]1C[C@H]2C=C[C@H]1C2. The Morgan fingerprint density at radius 1 is 1.19 bits per heavy atom. The van der Waals surface area contributed by atoms with Crippen molar-refractivity contribution in [2.45, 2.75) is 31.7 Å². The Hall–Kier alpha value is -1.62. The fraction of sp³-hybridized carbons (Fsp3) is 0.500. The van der Waals surface area contributed by atoms with Crippen molar-refractivity contribution in [3.63, 3.8) is 0 Å². The van der Waals surface area contributed by atoms with Crippen LogP contribution in [0.15, 0.2) is 23.6 Å². The number of carbonyl (C=O) groups is 2. The first kappa shape index (κ1) is 13.1. The summed E-state index contributed by atoms with van der Waals surface area (Å²) in [6.07, 6.45) is 8.59. The number of amides is 2. The van der Waals surface area contributed by atoms with Gasteiger partial charge in [-0.25, -0.2) is 0 Å². The minimum Gasteiger partial charge on any atom is -0.349 e. The molecule has 0 spiro atoms. The van der Waals surface area contributed by atoms with Crippen LogP contribution in [0.2, 0.25) is 0 Å². The van der Waals surface area contributed by atoms with Crippen molar-refractivity contribution in [3.8, 4) is 0 Å². The van der Waals surface area contributed by atoms with Gasteiger partial charge in [-0.3, -0.25) is 9.59 Å². The third-order valence-corrected chi connectivity index (χ3v) is 5.50. The highest BCUT2D eigenvalue weighted by Gasteiger charge is 2.40. The zero-order valence-corrected chi connectivity index (χ0v) is 12.5. The summed E-state index contributed by atoms with van der Waals surface area (Å²) in [6, 6.07) is 2.12. The normalized spacial score (nSPS) is 29.6. The zero-order chi connectivity index (χ0) is 14.4. The molecule has 2 bridgehead atoms. The van der Waals surface area contributed by atoms with Crippen LogP contribution in [0, 0.1) is 17.8 Å². The molecule has 0 aliphatic heterocycles. The third kappa shape index (κ3) is 2.50. The Morgan fingerprint density at radius 3 is 2.71 bits per heavy atom. The lowest BCUT2D eigenvalue weighted by Crippen LogP contribution is -2.28. The molecular weight excluding hydrogens is 284 g/mol. The van der Waals surface area contributed by atoms with Gasteiger partial charge in [-0.05, 0) is 49.0 Å². The predicted octanol–water partition coefficient (Wildman–Crippen LogP) is 2.79. The smallest absolute Gasteiger partial charge is 0.254 e. The Bertz CT molecular complexity index is 618. The van der Waals surface area contributed by atoms with Crippen molar-refractivity contribution in [1.29, 1.82) is 0 Å². The van der Waals surface area contributed by atoms with Gasteiger partial charge in [0.25, 0.3) is 5.91 Å². The minimum absolute atomic E-state index is 0.0646. The second-order valence-electron chi connectivity index (χ2n) is 6.29. The van der Waals surface area contributed by atoms with Gasteiger partial charge in [0.1, 0.15) is 5.00 Å². The predicted molar refractivity (Wildman–Crippen MR) is 82.3 cm³/mol. The molecule has 1 heterocycles. The number of nitrogens with one attached hydrogen (secondary N) is 2. The second kappa shape index (κ2) is 4.98. The quantitative estimate of drug-likeness (QED) is 0.840. The molecule has 21 heavy (non-hydrogen) atoms. The van der Waals surface area contributed by atoms with E-state index in [1.165, 1.54) is 11.3 Å². The van der Waals surface area contributed by atoms with Crippen LogP contribution in [0.1, 0.15) is 36.0 Å². The number of anilines is 1. The molecule has 0 unspecified atom stereocenters. The highest BCUT2D eigenvalue weighted by atomic mass is 32.1. The molecule has 2 saturated carbocycles. The lowest BCUT2D eigenvalue weighted by molar-refractivity contribution is -0.120. The van der Waals surface area contributed by atoms with Gasteiger partial charge >= 0.3 is 0 Å². The summed E-state index contributed by atoms with van der Waals surface area (Å²) in [6.45, 7) is 0. The van der Waals surface area contributed by atoms with Gasteiger partial charge in [-0.2, -0.15) is 0 Å². The van der Waals surface area contributed by atoms with Crippen molar-refractivity contribution < 1.29 is 9.59 Å². The van der Waals surface area contributed by atoms with E-state index in [0.29, 0.717) is 28.4 Å². The summed E-state index contributed by atoms with van der Waals surface area (Å²) >= 11 is 1.42. The number of allylic oxidation sites excluding steroid dienone is 2. The van der Waals surface area contributed by atoms with Gasteiger partial charge in [0.05, 0.1) is 5.56 Å². The van der Waals surface area contributed by atoms with E-state index < -0.39 is 0 Å². The Morgan fingerprint density at radius 2 is 2.05 bits per heavy atom. The molecule has 3 aliphatic rings. The first-order chi connectivity index (χ1) is 10.2. The van der Waals surface area contributed by atoms with Crippen LogP contribution in [-0.4, -0.2) is 17.9 Å². The van der Waals surface area contributed by atoms with Gasteiger partial charge in [-0.1, -0.05) is 12.2 Å². The fourth-order valence-corrected chi connectivity index (χ4v) is 4.15. The molecule has 2 N–H and O–H groups in total. The number of hydrogen-bond donors (Lipinski definition) is 2. The molecule has 3 aliphatic carbocycles. The first-order valence-electron chi connectivity index (χ1n) is 7.58. The largest absolute Gasteiger partial charge is 0.349 e. The molecule has 3 atom stereocenters. The van der Waals surface area contributed by atoms with Crippen molar-refractivity contribution in [1.82, 2.24) is 5.32 Å². The van der Waals surface area contributed by atoms with Crippen molar-refractivity contribution in [2.24, 2.45) is 17.8 Å². The monoisotopic (exact) mass is 302 g/mol. The van der Waals surface area contributed by atoms with E-state index in [1.54, 1.807) is 6.07 Å². The number of carbonyl (C=O) groups excluding carboxylic acids is 2. The van der Waals surface area contributed by atoms with E-state index in [0.717, 1.165) is 25.7 Å². The maximum absolute atomic E-state index is 12.4. The lowest BCUT2D eigenvalue weighted by Gasteiger charge is -2.17. The van der Waals surface area contributed by atoms with Gasteiger partial charge in [-0.15, -0.1) is 11.3 Å². The fourth-order valence-electron chi connectivity index (χ4n) is 3.36. The molecule has 2 fully saturated rings. The first-order valence-corrected chi connectivity index (χ1v) is 8.46. The maximum Gasteiger partial charge on any atom is 0.254 e. The minimum atomic E-state index is -0.0677. The van der Waals surface area contributed by atoms with Crippen LogP contribution >= 0.6 is 11.3 Å². The molecule has 5 heteroatoms. The summed E-state index contributed by atoms with van der Waals surface area (Å²) in [5.74, 6) is 1.03. The van der Waals surface area contributed by atoms with Gasteiger partial charge in [0.15, 0.2) is 0 Å². The molecule has 1 aromatic heterocycles. The molecule has 110 valence electrons. The summed E-state index contributed by atoms with van der Waals surface area (Å²) in [7, 11) is 0. The van der Waals surface area contributed by atoms with Crippen LogP contribution in [0.25, 0.3) is 0 Å². The van der Waals surface area contributed by atoms with E-state index in [2.05, 4.69) is 22.8 Å². The second-order valence-corrected chi connectivity index (χ2v) is 7.20. The number of rotatable bonds is 4. The molecule has 0 aromatic carbocycles. The molecule has 0 saturated heterocycles. The van der Waals surface area contributed by atoms with E-state index in [4.69, 9.17) is 0 Å². The summed E-state index contributed by atoms with van der Waals surface area (Å²) in [5.41, 5.74) is 0.596. The van der Waals surface area contributed by atoms with Crippen LogP contribution in [0.3, 0.4) is 0 Å². The van der Waals surface area contributed by atoms with Crippen LogP contribution in [0.5, 0.6) is 0 Å². The van der Waals surface area contributed by atoms with Crippen molar-refractivity contribution >= 4 is 28.2 Å². The van der Waals surface area contributed by atoms with E-state index >= 15 is 0 Å². The number of hydrogen-bond acceptors (Lipinski definition) is 3. The summed E-state index contributed by atoms with van der Waals surface area (Å²) < 4.78 is 0. The maximum atomic E-state index is 12.4. The summed E-state index contributed by atoms with van der Waals surface area (Å²) in [5, 5.41) is 8.49. The molecular formula is C16H18N2O2S. The Kier molecular flexibility index (Phi) is 3.10. The Labute approximate surface area is 127 Å². The molecule has 1 aromatic rings. The number of fused-ring (bicyclic) bond motifs is 2. The topological polar surface area (TPSA) is 58.2 Å². The van der Waals surface area contributed by atoms with E-state index in [9.17, 15) is 9.59 Å². The van der Waals surface area contributed by atoms with Gasteiger partial charge in [0, 0.05) is 12.0 Å². The summed E-state index contributed by atoms with van der Waals surface area (Å²) in [4.78, 5) is 24.6. The van der Waals surface area contributed by atoms with Crippen LogP contribution in [-0.2, 0) is 4.79 Å². The molecule has 0 radical (unpaired) electrons. The molecule has 2 amide bonds. The zero-order valence-electron chi connectivity index (χ0n) is 11.7. The van der Waals surface area contributed by atoms with Crippen molar-refractivity contribution in [3.05, 3.63) is 29.2 Å². The van der Waals surface area contributed by atoms with Crippen LogP contribution < -0.4 is 10.6 Å². The third-order valence-electron chi connectivity index (χ3n) is 4.67. The standard InChI is InChI=1S/C16H18N2O2S/c19-14(17-11-3-4-11)12-5-6-21-16(12)18-15(20)13-8-9-1-2-10(13)7-9/h1-2,5-6,9-11,13H,3-4,7-8H2,(H,17,19)(H,18,20)/t9-,10-,13+/m0/s1. The van der Waals surface area contributed by atoms with Gasteiger partial charge in [0.2, 0.25) is 5.91 Å². The van der Waals surface area contributed by atoms with E-state index in [-0.39, 0.29) is 17.7 Å². The number of thiophene rings is 1. The van der Waals surface area contributed by atoms with Gasteiger partial charge < -0.3 is 10.6 Å². The van der Waals surface area contributed by atoms with E-state index in [1.807, 2.05) is 5.38 Å². The average Bonchev–Trinajstić information content (AvgIpc) is 2.93. The van der Waals surface area contributed by atoms with Crippen LogP contribution in [0.4, 0.5) is 5.00 Å². The average molecular weight is 302 g/mol. The highest BCUT2D eigenvalue weighted by molar-refractivity contribution is 7.14. The lowest BCUT2D eigenvalue weighted by atomic mass is 9.93. The molecule has 4 nitrogen and oxygen atoms in total. The Balaban J connectivity index is 1.44. The van der Waals surface area contributed by atoms with Crippen molar-refractivity contribution in [2.75, 3.05) is 5.32 Å². The highest BCUT2D eigenvalue weighted by Crippen LogP contribution is 2.44. The molecule has 4 rings (SSSR count).